The molecule has 0 saturated carbocycles. The van der Waals surface area contributed by atoms with E-state index in [0.29, 0.717) is 22.8 Å². The van der Waals surface area contributed by atoms with Crippen molar-refractivity contribution in [3.05, 3.63) is 64.9 Å². The van der Waals surface area contributed by atoms with Gasteiger partial charge in [-0.3, -0.25) is 9.69 Å². The largest absolute Gasteiger partial charge is 0.497 e. The molecule has 0 N–H and O–H groups in total. The van der Waals surface area contributed by atoms with Gasteiger partial charge in [0.1, 0.15) is 18.1 Å². The molecule has 4 rings (SSSR count). The highest BCUT2D eigenvalue weighted by atomic mass is 16.5. The monoisotopic (exact) mass is 393 g/mol. The summed E-state index contributed by atoms with van der Waals surface area (Å²) in [7, 11) is 3.14. The molecule has 2 heterocycles. The van der Waals surface area contributed by atoms with E-state index in [4.69, 9.17) is 14.2 Å². The third kappa shape index (κ3) is 3.24. The Morgan fingerprint density at radius 1 is 1.07 bits per heavy atom. The number of hydrogen-bond acceptors (Lipinski definition) is 5. The van der Waals surface area contributed by atoms with E-state index in [2.05, 4.69) is 6.92 Å². The zero-order valence-electron chi connectivity index (χ0n) is 16.7. The fourth-order valence-electron chi connectivity index (χ4n) is 4.01. The Kier molecular flexibility index (Phi) is 5.01. The number of ether oxygens (including phenoxy) is 3. The molecule has 0 saturated heterocycles. The number of cyclic esters (lactones) is 1. The maximum absolute atomic E-state index is 13.2. The molecule has 6 nitrogen and oxygen atoms in total. The predicted molar refractivity (Wildman–Crippen MR) is 108 cm³/mol. The fourth-order valence-corrected chi connectivity index (χ4v) is 4.01. The Labute approximate surface area is 169 Å². The van der Waals surface area contributed by atoms with E-state index in [-0.39, 0.29) is 24.9 Å². The molecule has 150 valence electrons. The van der Waals surface area contributed by atoms with Crippen molar-refractivity contribution in [3.63, 3.8) is 0 Å². The van der Waals surface area contributed by atoms with Crippen LogP contribution in [0.4, 0.5) is 5.69 Å². The second-order valence-corrected chi connectivity index (χ2v) is 7.05. The van der Waals surface area contributed by atoms with Gasteiger partial charge in [0.25, 0.3) is 0 Å². The summed E-state index contributed by atoms with van der Waals surface area (Å²) < 4.78 is 16.1. The smallest absolute Gasteiger partial charge is 0.336 e. The molecule has 6 heteroatoms. The normalized spacial score (nSPS) is 18.6. The highest BCUT2D eigenvalue weighted by Crippen LogP contribution is 2.45. The van der Waals surface area contributed by atoms with Gasteiger partial charge in [0, 0.05) is 29.7 Å². The lowest BCUT2D eigenvalue weighted by molar-refractivity contribution is -0.136. The molecule has 1 unspecified atom stereocenters. The number of esters is 1. The molecule has 0 spiro atoms. The average Bonchev–Trinajstić information content (AvgIpc) is 3.14. The summed E-state index contributed by atoms with van der Waals surface area (Å²) in [6.07, 6.45) is 1.08. The topological polar surface area (TPSA) is 65.1 Å². The molecule has 2 aliphatic rings. The van der Waals surface area contributed by atoms with Crippen molar-refractivity contribution in [3.8, 4) is 11.5 Å². The maximum Gasteiger partial charge on any atom is 0.336 e. The van der Waals surface area contributed by atoms with Crippen LogP contribution in [-0.2, 0) is 20.7 Å². The Hall–Kier alpha value is -3.28. The molecule has 2 aromatic rings. The van der Waals surface area contributed by atoms with Crippen molar-refractivity contribution in [2.75, 3.05) is 25.7 Å². The zero-order valence-corrected chi connectivity index (χ0v) is 16.7. The zero-order chi connectivity index (χ0) is 20.5. The van der Waals surface area contributed by atoms with Crippen molar-refractivity contribution in [2.45, 2.75) is 25.7 Å². The molecule has 0 radical (unpaired) electrons. The number of rotatable bonds is 5. The Bertz CT molecular complexity index is 993. The van der Waals surface area contributed by atoms with Crippen LogP contribution in [0.1, 0.15) is 30.4 Å². The molecule has 2 aromatic carbocycles. The molecule has 0 aromatic heterocycles. The lowest BCUT2D eigenvalue weighted by Crippen LogP contribution is -2.37. The van der Waals surface area contributed by atoms with E-state index < -0.39 is 5.92 Å². The second kappa shape index (κ2) is 7.62. The van der Waals surface area contributed by atoms with Crippen molar-refractivity contribution in [1.82, 2.24) is 0 Å². The van der Waals surface area contributed by atoms with Crippen LogP contribution in [0.2, 0.25) is 0 Å². The van der Waals surface area contributed by atoms with Gasteiger partial charge in [-0.1, -0.05) is 25.1 Å². The summed E-state index contributed by atoms with van der Waals surface area (Å²) in [6, 6.07) is 13.2. The molecule has 0 bridgehead atoms. The molecule has 1 atom stereocenters. The van der Waals surface area contributed by atoms with Gasteiger partial charge < -0.3 is 14.2 Å². The number of hydrogen-bond donors (Lipinski definition) is 0. The van der Waals surface area contributed by atoms with Crippen molar-refractivity contribution >= 4 is 17.6 Å². The number of anilines is 1. The average molecular weight is 393 g/mol. The first-order valence-electron chi connectivity index (χ1n) is 9.61. The summed E-state index contributed by atoms with van der Waals surface area (Å²) in [5.41, 5.74) is 3.84. The number of carbonyl (C=O) groups excluding carboxylic acids is 2. The van der Waals surface area contributed by atoms with E-state index in [9.17, 15) is 9.59 Å². The number of aryl methyl sites for hydroxylation is 1. The third-order valence-corrected chi connectivity index (χ3v) is 5.54. The second-order valence-electron chi connectivity index (χ2n) is 7.05. The SMILES string of the molecule is CCc1ccc(N2C(=O)CC(c3ccc(OC)cc3OC)C3=C2COC3=O)cc1. The van der Waals surface area contributed by atoms with E-state index in [0.717, 1.165) is 17.7 Å². The highest BCUT2D eigenvalue weighted by Gasteiger charge is 2.43. The number of methoxy groups -OCH3 is 2. The third-order valence-electron chi connectivity index (χ3n) is 5.54. The van der Waals surface area contributed by atoms with E-state index in [1.54, 1.807) is 31.3 Å². The van der Waals surface area contributed by atoms with Crippen molar-refractivity contribution < 1.29 is 23.8 Å². The van der Waals surface area contributed by atoms with E-state index in [1.165, 1.54) is 5.56 Å². The first-order chi connectivity index (χ1) is 14.1. The minimum absolute atomic E-state index is 0.0748. The predicted octanol–water partition coefficient (Wildman–Crippen LogP) is 3.60. The minimum Gasteiger partial charge on any atom is -0.497 e. The summed E-state index contributed by atoms with van der Waals surface area (Å²) in [5.74, 6) is 0.349. The fraction of sp³-hybridized carbons (Fsp3) is 0.304. The maximum atomic E-state index is 13.2. The minimum atomic E-state index is -0.417. The van der Waals surface area contributed by atoms with Crippen LogP contribution in [-0.4, -0.2) is 32.7 Å². The van der Waals surface area contributed by atoms with Crippen LogP contribution in [0.25, 0.3) is 0 Å². The van der Waals surface area contributed by atoms with Gasteiger partial charge in [-0.2, -0.15) is 0 Å². The number of benzene rings is 2. The molecular formula is C23H23NO5. The molecule has 0 fully saturated rings. The molecular weight excluding hydrogens is 370 g/mol. The van der Waals surface area contributed by atoms with Gasteiger partial charge in [0.05, 0.1) is 25.5 Å². The van der Waals surface area contributed by atoms with Gasteiger partial charge in [0.2, 0.25) is 5.91 Å². The molecule has 0 aliphatic carbocycles. The summed E-state index contributed by atoms with van der Waals surface area (Å²) in [6.45, 7) is 2.17. The first kappa shape index (κ1) is 19.1. The van der Waals surface area contributed by atoms with Gasteiger partial charge in [-0.05, 0) is 30.2 Å². The lowest BCUT2D eigenvalue weighted by Gasteiger charge is -2.32. The van der Waals surface area contributed by atoms with E-state index in [1.807, 2.05) is 30.3 Å². The van der Waals surface area contributed by atoms with Crippen LogP contribution in [0.5, 0.6) is 11.5 Å². The Morgan fingerprint density at radius 2 is 1.83 bits per heavy atom. The van der Waals surface area contributed by atoms with Gasteiger partial charge in [-0.15, -0.1) is 0 Å². The van der Waals surface area contributed by atoms with Crippen LogP contribution in [0, 0.1) is 0 Å². The quantitative estimate of drug-likeness (QED) is 0.727. The first-order valence-corrected chi connectivity index (χ1v) is 9.61. The molecule has 1 amide bonds. The van der Waals surface area contributed by atoms with Gasteiger partial charge in [0.15, 0.2) is 0 Å². The molecule has 29 heavy (non-hydrogen) atoms. The highest BCUT2D eigenvalue weighted by molar-refractivity contribution is 6.06. The summed E-state index contributed by atoms with van der Waals surface area (Å²) >= 11 is 0. The van der Waals surface area contributed by atoms with Gasteiger partial charge in [-0.25, -0.2) is 4.79 Å². The van der Waals surface area contributed by atoms with Crippen LogP contribution in [0.3, 0.4) is 0 Å². The number of nitrogens with zero attached hydrogens (tertiary/aromatic N) is 1. The van der Waals surface area contributed by atoms with Crippen LogP contribution < -0.4 is 14.4 Å². The Morgan fingerprint density at radius 3 is 2.48 bits per heavy atom. The van der Waals surface area contributed by atoms with E-state index >= 15 is 0 Å². The summed E-state index contributed by atoms with van der Waals surface area (Å²) in [5, 5.41) is 0. The Balaban J connectivity index is 1.80. The molecule has 2 aliphatic heterocycles. The van der Waals surface area contributed by atoms with Crippen LogP contribution >= 0.6 is 0 Å². The summed E-state index contributed by atoms with van der Waals surface area (Å²) in [4.78, 5) is 27.4. The van der Waals surface area contributed by atoms with Gasteiger partial charge >= 0.3 is 5.97 Å². The van der Waals surface area contributed by atoms with Crippen molar-refractivity contribution in [2.24, 2.45) is 0 Å². The number of carbonyl (C=O) groups is 2. The lowest BCUT2D eigenvalue weighted by atomic mass is 9.83. The standard InChI is InChI=1S/C23H23NO5/c1-4-14-5-7-15(8-6-14)24-19-13-29-23(26)22(19)18(12-21(24)25)17-10-9-16(27-2)11-20(17)28-3/h5-11,18H,4,12-13H2,1-3H3. The van der Waals surface area contributed by atoms with Crippen LogP contribution in [0.15, 0.2) is 53.7 Å². The number of amides is 1. The van der Waals surface area contributed by atoms with Crippen molar-refractivity contribution in [1.29, 1.82) is 0 Å².